The van der Waals surface area contributed by atoms with Crippen molar-refractivity contribution in [2.45, 2.75) is 23.9 Å². The van der Waals surface area contributed by atoms with Gasteiger partial charge < -0.3 is 0 Å². The lowest BCUT2D eigenvalue weighted by molar-refractivity contribution is -0.386. The van der Waals surface area contributed by atoms with Gasteiger partial charge >= 0.3 is 23.9 Å². The molecule has 0 aliphatic rings. The number of rotatable bonds is 4. The Hall–Kier alpha value is -0.780. The van der Waals surface area contributed by atoms with Crippen molar-refractivity contribution < 1.29 is 44.3 Å². The molecule has 120 valence electrons. The normalized spacial score (nSPS) is 14.4. The lowest BCUT2D eigenvalue weighted by Crippen LogP contribution is -2.63. The van der Waals surface area contributed by atoms with Crippen LogP contribution in [0.25, 0.3) is 0 Å². The number of ketones is 1. The van der Waals surface area contributed by atoms with E-state index in [-0.39, 0.29) is 15.8 Å². The summed E-state index contributed by atoms with van der Waals surface area (Å²) >= 11 is 2.87. The molecule has 0 aromatic carbocycles. The Morgan fingerprint density at radius 1 is 0.952 bits per heavy atom. The Labute approximate surface area is 122 Å². The summed E-state index contributed by atoms with van der Waals surface area (Å²) in [6.45, 7) is 0. The number of hydrogen-bond acceptors (Lipinski definition) is 2. The minimum Gasteiger partial charge on any atom is -0.286 e. The molecule has 21 heavy (non-hydrogen) atoms. The van der Waals surface area contributed by atoms with Crippen LogP contribution in [0, 0.1) is 0 Å². The number of hydrogen-bond donors (Lipinski definition) is 0. The third-order valence-corrected chi connectivity index (χ3v) is 3.91. The second kappa shape index (κ2) is 5.14. The first-order valence-electron chi connectivity index (χ1n) is 4.65. The molecule has 0 aliphatic carbocycles. The molecule has 1 aromatic rings. The summed E-state index contributed by atoms with van der Waals surface area (Å²) < 4.78 is 113. The molecule has 0 unspecified atom stereocenters. The highest BCUT2D eigenvalue weighted by Gasteiger charge is 2.83. The number of Topliss-reactive ketones (excluding diaryl/α,β-unsaturated/α-hetero) is 1. The third kappa shape index (κ3) is 2.79. The molecule has 1 aromatic heterocycles. The van der Waals surface area contributed by atoms with Crippen LogP contribution in [0.2, 0.25) is 0 Å². The number of carbonyl (C=O) groups is 1. The van der Waals surface area contributed by atoms with Gasteiger partial charge in [0.25, 0.3) is 0 Å². The Bertz CT molecular complexity index is 548. The first-order chi connectivity index (χ1) is 9.16. The highest BCUT2D eigenvalue weighted by molar-refractivity contribution is 9.10. The summed E-state index contributed by atoms with van der Waals surface area (Å²) in [7, 11) is 0. The van der Waals surface area contributed by atoms with Crippen LogP contribution >= 0.6 is 27.3 Å². The van der Waals surface area contributed by atoms with Gasteiger partial charge in [-0.3, -0.25) is 4.79 Å². The van der Waals surface area contributed by atoms with E-state index >= 15 is 0 Å². The lowest BCUT2D eigenvalue weighted by Gasteiger charge is -2.32. The molecular formula is C9H2BrF9OS. The van der Waals surface area contributed by atoms with E-state index in [1.54, 1.807) is 0 Å². The van der Waals surface area contributed by atoms with Crippen molar-refractivity contribution in [1.29, 1.82) is 0 Å². The van der Waals surface area contributed by atoms with E-state index in [9.17, 15) is 44.3 Å². The Kier molecular flexibility index (Phi) is 4.47. The SMILES string of the molecule is O=C(c1cc(Br)cs1)C(F)(F)C(F)(F)C(F)(F)C(F)(F)F. The molecule has 0 saturated heterocycles. The standard InChI is InChI=1S/C9H2BrF9OS/c10-3-1-4(21-2-3)5(20)6(11,12)7(13,14)8(15,16)9(17,18)19/h1-2H. The van der Waals surface area contributed by atoms with Gasteiger partial charge in [0.15, 0.2) is 0 Å². The molecule has 0 fully saturated rings. The zero-order valence-electron chi connectivity index (χ0n) is 9.25. The van der Waals surface area contributed by atoms with Crippen molar-refractivity contribution in [2.24, 2.45) is 0 Å². The van der Waals surface area contributed by atoms with Gasteiger partial charge in [-0.25, -0.2) is 0 Å². The van der Waals surface area contributed by atoms with Crippen LogP contribution < -0.4 is 0 Å². The van der Waals surface area contributed by atoms with Crippen LogP contribution in [-0.2, 0) is 0 Å². The lowest BCUT2D eigenvalue weighted by atomic mass is 9.99. The van der Waals surface area contributed by atoms with E-state index in [4.69, 9.17) is 0 Å². The molecule has 0 bridgehead atoms. The summed E-state index contributed by atoms with van der Waals surface area (Å²) in [6, 6.07) is 0.600. The summed E-state index contributed by atoms with van der Waals surface area (Å²) in [5, 5.41) is 0.989. The van der Waals surface area contributed by atoms with Gasteiger partial charge in [-0.05, 0) is 22.0 Å². The monoisotopic (exact) mass is 408 g/mol. The van der Waals surface area contributed by atoms with Crippen LogP contribution in [0.15, 0.2) is 15.9 Å². The van der Waals surface area contributed by atoms with Gasteiger partial charge in [0.1, 0.15) is 0 Å². The maximum Gasteiger partial charge on any atom is 0.460 e. The highest BCUT2D eigenvalue weighted by atomic mass is 79.9. The van der Waals surface area contributed by atoms with Crippen molar-refractivity contribution in [3.05, 3.63) is 20.8 Å². The van der Waals surface area contributed by atoms with E-state index in [0.29, 0.717) is 6.07 Å². The van der Waals surface area contributed by atoms with Crippen LogP contribution in [0.3, 0.4) is 0 Å². The summed E-state index contributed by atoms with van der Waals surface area (Å²) in [6.07, 6.45) is -6.95. The topological polar surface area (TPSA) is 17.1 Å². The highest BCUT2D eigenvalue weighted by Crippen LogP contribution is 2.54. The third-order valence-electron chi connectivity index (χ3n) is 2.22. The molecule has 1 rings (SSSR count). The van der Waals surface area contributed by atoms with Gasteiger partial charge in [-0.2, -0.15) is 39.5 Å². The van der Waals surface area contributed by atoms with Crippen LogP contribution in [0.4, 0.5) is 39.5 Å². The summed E-state index contributed by atoms with van der Waals surface area (Å²) in [5.41, 5.74) is 0. The molecule has 0 aliphatic heterocycles. The first-order valence-corrected chi connectivity index (χ1v) is 6.32. The van der Waals surface area contributed by atoms with Gasteiger partial charge in [-0.15, -0.1) is 11.3 Å². The second-order valence-electron chi connectivity index (χ2n) is 3.68. The van der Waals surface area contributed by atoms with Crippen molar-refractivity contribution in [3.8, 4) is 0 Å². The molecule has 0 saturated carbocycles. The van der Waals surface area contributed by atoms with Gasteiger partial charge in [0.2, 0.25) is 5.78 Å². The number of thiophene rings is 1. The molecule has 0 amide bonds. The molecule has 12 heteroatoms. The molecule has 0 N–H and O–H groups in total. The zero-order chi connectivity index (χ0) is 16.9. The number of carbonyl (C=O) groups excluding carboxylic acids is 1. The fraction of sp³-hybridized carbons (Fsp3) is 0.444. The quantitative estimate of drug-likeness (QED) is 0.496. The number of alkyl halides is 9. The van der Waals surface area contributed by atoms with Crippen LogP contribution in [0.1, 0.15) is 9.67 Å². The van der Waals surface area contributed by atoms with E-state index in [1.165, 1.54) is 0 Å². The maximum absolute atomic E-state index is 13.2. The number of halogens is 10. The Morgan fingerprint density at radius 3 is 1.76 bits per heavy atom. The molecule has 1 nitrogen and oxygen atoms in total. The molecule has 0 radical (unpaired) electrons. The minimum absolute atomic E-state index is 0.00227. The van der Waals surface area contributed by atoms with Crippen molar-refractivity contribution in [3.63, 3.8) is 0 Å². The second-order valence-corrected chi connectivity index (χ2v) is 5.51. The van der Waals surface area contributed by atoms with E-state index in [0.717, 1.165) is 5.38 Å². The van der Waals surface area contributed by atoms with Crippen molar-refractivity contribution >= 4 is 33.0 Å². The van der Waals surface area contributed by atoms with Gasteiger partial charge in [0.05, 0.1) is 4.88 Å². The molecule has 1 heterocycles. The van der Waals surface area contributed by atoms with E-state index in [2.05, 4.69) is 15.9 Å². The average Bonchev–Trinajstić information content (AvgIpc) is 2.72. The predicted molar refractivity (Wildman–Crippen MR) is 57.2 cm³/mol. The summed E-state index contributed by atoms with van der Waals surface area (Å²) in [5.74, 6) is -23.1. The molecular weight excluding hydrogens is 407 g/mol. The van der Waals surface area contributed by atoms with Crippen LogP contribution in [0.5, 0.6) is 0 Å². The smallest absolute Gasteiger partial charge is 0.286 e. The molecule has 0 atom stereocenters. The minimum atomic E-state index is -7.08. The zero-order valence-corrected chi connectivity index (χ0v) is 11.7. The first kappa shape index (κ1) is 18.3. The molecule has 0 spiro atoms. The van der Waals surface area contributed by atoms with Crippen LogP contribution in [-0.4, -0.2) is 29.7 Å². The predicted octanol–water partition coefficient (Wildman–Crippen LogP) is 5.16. The fourth-order valence-corrected chi connectivity index (χ4v) is 2.50. The Morgan fingerprint density at radius 2 is 1.43 bits per heavy atom. The van der Waals surface area contributed by atoms with E-state index in [1.807, 2.05) is 0 Å². The van der Waals surface area contributed by atoms with Gasteiger partial charge in [-0.1, -0.05) is 0 Å². The summed E-state index contributed by atoms with van der Waals surface area (Å²) in [4.78, 5) is 10.1. The van der Waals surface area contributed by atoms with Crippen molar-refractivity contribution in [1.82, 2.24) is 0 Å². The maximum atomic E-state index is 13.2. The largest absolute Gasteiger partial charge is 0.460 e. The van der Waals surface area contributed by atoms with Gasteiger partial charge in [0, 0.05) is 9.85 Å². The van der Waals surface area contributed by atoms with Crippen molar-refractivity contribution in [2.75, 3.05) is 0 Å². The Balaban J connectivity index is 3.31. The average molecular weight is 409 g/mol. The fourth-order valence-electron chi connectivity index (χ4n) is 1.10. The van der Waals surface area contributed by atoms with E-state index < -0.39 is 34.6 Å².